The number of amides is 2. The molecule has 2 aliphatic rings. The van der Waals surface area contributed by atoms with Crippen LogP contribution in [0, 0.1) is 5.92 Å². The minimum Gasteiger partial charge on any atom is -0.492 e. The van der Waals surface area contributed by atoms with Crippen molar-refractivity contribution in [1.29, 1.82) is 0 Å². The lowest BCUT2D eigenvalue weighted by Crippen LogP contribution is -2.47. The molecule has 0 aromatic heterocycles. The summed E-state index contributed by atoms with van der Waals surface area (Å²) in [5.41, 5.74) is 6.23. The molecular weight excluding hydrogens is 324 g/mol. The van der Waals surface area contributed by atoms with Crippen LogP contribution in [0.2, 0.25) is 0 Å². The van der Waals surface area contributed by atoms with Gasteiger partial charge in [0, 0.05) is 5.56 Å². The van der Waals surface area contributed by atoms with Crippen molar-refractivity contribution in [2.75, 3.05) is 13.4 Å². The fraction of sp³-hybridized carbons (Fsp3) is 0.222. The molecule has 0 bridgehead atoms. The summed E-state index contributed by atoms with van der Waals surface area (Å²) in [4.78, 5) is 24.5. The molecule has 128 valence electrons. The van der Waals surface area contributed by atoms with Crippen molar-refractivity contribution in [3.8, 4) is 17.2 Å². The minimum absolute atomic E-state index is 0.139. The molecular formula is C18H16N2O5. The van der Waals surface area contributed by atoms with Crippen LogP contribution in [-0.2, 0) is 11.2 Å². The Hall–Kier alpha value is -3.22. The first-order valence-corrected chi connectivity index (χ1v) is 7.91. The average molecular weight is 340 g/mol. The van der Waals surface area contributed by atoms with E-state index in [4.69, 9.17) is 14.2 Å². The minimum atomic E-state index is -0.427. The zero-order valence-electron chi connectivity index (χ0n) is 13.3. The molecule has 0 spiro atoms. The van der Waals surface area contributed by atoms with Gasteiger partial charge in [-0.3, -0.25) is 20.4 Å². The fourth-order valence-corrected chi connectivity index (χ4v) is 2.83. The first-order chi connectivity index (χ1) is 12.2. The number of para-hydroxylation sites is 1. The third-order valence-electron chi connectivity index (χ3n) is 4.18. The van der Waals surface area contributed by atoms with Crippen molar-refractivity contribution in [2.24, 2.45) is 5.92 Å². The SMILES string of the molecule is O=C(NNC(=O)C1COc2ccccc2C1)c1ccc2c(c1)OCO2. The van der Waals surface area contributed by atoms with E-state index >= 15 is 0 Å². The van der Waals surface area contributed by atoms with Crippen LogP contribution in [0.1, 0.15) is 15.9 Å². The van der Waals surface area contributed by atoms with E-state index in [9.17, 15) is 9.59 Å². The molecule has 0 radical (unpaired) electrons. The maximum Gasteiger partial charge on any atom is 0.269 e. The molecule has 7 heteroatoms. The number of hydrazine groups is 1. The summed E-state index contributed by atoms with van der Waals surface area (Å²) < 4.78 is 16.0. The van der Waals surface area contributed by atoms with E-state index in [-0.39, 0.29) is 25.2 Å². The van der Waals surface area contributed by atoms with Gasteiger partial charge in [-0.05, 0) is 36.2 Å². The van der Waals surface area contributed by atoms with E-state index in [2.05, 4.69) is 10.9 Å². The van der Waals surface area contributed by atoms with Crippen LogP contribution in [0.4, 0.5) is 0 Å². The largest absolute Gasteiger partial charge is 0.492 e. The highest BCUT2D eigenvalue weighted by molar-refractivity contribution is 5.96. The number of carbonyl (C=O) groups excluding carboxylic acids is 2. The van der Waals surface area contributed by atoms with Crippen LogP contribution in [0.3, 0.4) is 0 Å². The summed E-state index contributed by atoms with van der Waals surface area (Å²) in [5.74, 6) is 0.838. The van der Waals surface area contributed by atoms with Crippen LogP contribution in [0.25, 0.3) is 0 Å². The van der Waals surface area contributed by atoms with Crippen LogP contribution in [-0.4, -0.2) is 25.2 Å². The van der Waals surface area contributed by atoms with E-state index in [1.165, 1.54) is 0 Å². The predicted octanol–water partition coefficient (Wildman–Crippen LogP) is 1.43. The Balaban J connectivity index is 1.35. The Morgan fingerprint density at radius 3 is 2.68 bits per heavy atom. The van der Waals surface area contributed by atoms with Crippen LogP contribution < -0.4 is 25.1 Å². The van der Waals surface area contributed by atoms with Crippen LogP contribution >= 0.6 is 0 Å². The smallest absolute Gasteiger partial charge is 0.269 e. The summed E-state index contributed by atoms with van der Waals surface area (Å²) in [6.07, 6.45) is 0.571. The third kappa shape index (κ3) is 3.08. The molecule has 4 rings (SSSR count). The molecule has 0 aliphatic carbocycles. The van der Waals surface area contributed by atoms with Crippen molar-refractivity contribution < 1.29 is 23.8 Å². The van der Waals surface area contributed by atoms with E-state index < -0.39 is 5.91 Å². The number of nitrogens with one attached hydrogen (secondary N) is 2. The Morgan fingerprint density at radius 2 is 1.76 bits per heavy atom. The molecule has 2 N–H and O–H groups in total. The number of hydrogen-bond acceptors (Lipinski definition) is 5. The highest BCUT2D eigenvalue weighted by Gasteiger charge is 2.26. The molecule has 0 saturated heterocycles. The van der Waals surface area contributed by atoms with Crippen molar-refractivity contribution in [3.05, 3.63) is 53.6 Å². The molecule has 7 nitrogen and oxygen atoms in total. The fourth-order valence-electron chi connectivity index (χ4n) is 2.83. The lowest BCUT2D eigenvalue weighted by molar-refractivity contribution is -0.127. The van der Waals surface area contributed by atoms with Gasteiger partial charge in [0.05, 0.1) is 5.92 Å². The zero-order valence-corrected chi connectivity index (χ0v) is 13.3. The van der Waals surface area contributed by atoms with Crippen LogP contribution in [0.15, 0.2) is 42.5 Å². The second-order valence-corrected chi connectivity index (χ2v) is 5.83. The van der Waals surface area contributed by atoms with Crippen LogP contribution in [0.5, 0.6) is 17.2 Å². The maximum absolute atomic E-state index is 12.3. The van der Waals surface area contributed by atoms with E-state index in [1.807, 2.05) is 24.3 Å². The van der Waals surface area contributed by atoms with Gasteiger partial charge in [0.1, 0.15) is 12.4 Å². The monoisotopic (exact) mass is 340 g/mol. The second-order valence-electron chi connectivity index (χ2n) is 5.83. The molecule has 2 aliphatic heterocycles. The molecule has 2 aromatic rings. The Labute approximate surface area is 143 Å². The predicted molar refractivity (Wildman–Crippen MR) is 87.3 cm³/mol. The summed E-state index contributed by atoms with van der Waals surface area (Å²) in [7, 11) is 0. The summed E-state index contributed by atoms with van der Waals surface area (Å²) in [6, 6.07) is 12.4. The lowest BCUT2D eigenvalue weighted by atomic mass is 9.96. The molecule has 2 aromatic carbocycles. The highest BCUT2D eigenvalue weighted by Crippen LogP contribution is 2.32. The first kappa shape index (κ1) is 15.3. The quantitative estimate of drug-likeness (QED) is 0.808. The van der Waals surface area contributed by atoms with Gasteiger partial charge in [0.25, 0.3) is 5.91 Å². The summed E-state index contributed by atoms with van der Waals surface area (Å²) >= 11 is 0. The van der Waals surface area contributed by atoms with Gasteiger partial charge >= 0.3 is 0 Å². The molecule has 2 heterocycles. The molecule has 0 saturated carbocycles. The molecule has 0 fully saturated rings. The van der Waals surface area contributed by atoms with Crippen molar-refractivity contribution >= 4 is 11.8 Å². The highest BCUT2D eigenvalue weighted by atomic mass is 16.7. The van der Waals surface area contributed by atoms with E-state index in [1.54, 1.807) is 18.2 Å². The van der Waals surface area contributed by atoms with Crippen molar-refractivity contribution in [1.82, 2.24) is 10.9 Å². The van der Waals surface area contributed by atoms with E-state index in [0.717, 1.165) is 11.3 Å². The number of hydrogen-bond donors (Lipinski definition) is 2. The van der Waals surface area contributed by atoms with Gasteiger partial charge in [-0.25, -0.2) is 0 Å². The Morgan fingerprint density at radius 1 is 0.920 bits per heavy atom. The van der Waals surface area contributed by atoms with Gasteiger partial charge < -0.3 is 14.2 Å². The second kappa shape index (κ2) is 6.35. The molecule has 1 unspecified atom stereocenters. The molecule has 2 amide bonds. The number of fused-ring (bicyclic) bond motifs is 2. The zero-order chi connectivity index (χ0) is 17.2. The van der Waals surface area contributed by atoms with Gasteiger partial charge in [0.15, 0.2) is 11.5 Å². The molecule has 1 atom stereocenters. The van der Waals surface area contributed by atoms with Gasteiger partial charge in [0.2, 0.25) is 12.7 Å². The Bertz CT molecular complexity index is 836. The Kier molecular flexibility index (Phi) is 3.89. The number of ether oxygens (including phenoxy) is 3. The number of carbonyl (C=O) groups is 2. The average Bonchev–Trinajstić information content (AvgIpc) is 3.13. The lowest BCUT2D eigenvalue weighted by Gasteiger charge is -2.24. The molecule has 25 heavy (non-hydrogen) atoms. The summed E-state index contributed by atoms with van der Waals surface area (Å²) in [6.45, 7) is 0.420. The van der Waals surface area contributed by atoms with Gasteiger partial charge in [-0.1, -0.05) is 18.2 Å². The summed E-state index contributed by atoms with van der Waals surface area (Å²) in [5, 5.41) is 0. The topological polar surface area (TPSA) is 85.9 Å². The number of benzene rings is 2. The standard InChI is InChI=1S/C18H16N2O5/c21-17(12-5-6-15-16(8-12)25-10-24-15)19-20-18(22)13-7-11-3-1-2-4-14(11)23-9-13/h1-6,8,13H,7,9-10H2,(H,19,21)(H,20,22). The van der Waals surface area contributed by atoms with E-state index in [0.29, 0.717) is 23.5 Å². The van der Waals surface area contributed by atoms with Crippen molar-refractivity contribution in [2.45, 2.75) is 6.42 Å². The maximum atomic E-state index is 12.3. The third-order valence-corrected chi connectivity index (χ3v) is 4.18. The van der Waals surface area contributed by atoms with Crippen molar-refractivity contribution in [3.63, 3.8) is 0 Å². The van der Waals surface area contributed by atoms with Gasteiger partial charge in [-0.15, -0.1) is 0 Å². The number of rotatable bonds is 2. The normalized spacial score (nSPS) is 17.2. The van der Waals surface area contributed by atoms with Gasteiger partial charge in [-0.2, -0.15) is 0 Å². The first-order valence-electron chi connectivity index (χ1n) is 7.91.